The summed E-state index contributed by atoms with van der Waals surface area (Å²) in [6.07, 6.45) is -4.42. The van der Waals surface area contributed by atoms with E-state index in [2.05, 4.69) is 20.0 Å². The minimum Gasteiger partial charge on any atom is -0.406 e. The lowest BCUT2D eigenvalue weighted by Gasteiger charge is -2.10. The van der Waals surface area contributed by atoms with Crippen molar-refractivity contribution in [3.8, 4) is 5.75 Å². The number of aryl methyl sites for hydroxylation is 1. The Morgan fingerprint density at radius 3 is 2.46 bits per heavy atom. The van der Waals surface area contributed by atoms with Gasteiger partial charge in [-0.15, -0.1) is 13.2 Å². The number of aromatic amines is 2. The molecule has 3 N–H and O–H groups in total. The molecule has 0 aliphatic rings. The smallest absolute Gasteiger partial charge is 0.406 e. The molecule has 2 aromatic rings. The van der Waals surface area contributed by atoms with Crippen molar-refractivity contribution in [2.75, 3.05) is 0 Å². The largest absolute Gasteiger partial charge is 0.573 e. The first-order chi connectivity index (χ1) is 12.1. The molecule has 0 fully saturated rings. The number of benzene rings is 1. The van der Waals surface area contributed by atoms with E-state index in [0.717, 1.165) is 0 Å². The third-order valence-corrected chi connectivity index (χ3v) is 3.71. The van der Waals surface area contributed by atoms with Gasteiger partial charge >= 0.3 is 6.36 Å². The van der Waals surface area contributed by atoms with Crippen LogP contribution in [0.15, 0.2) is 29.1 Å². The maximum absolute atomic E-state index is 12.1. The Labute approximate surface area is 151 Å². The molecule has 0 bridgehead atoms. The van der Waals surface area contributed by atoms with Crippen LogP contribution in [0.4, 0.5) is 13.2 Å². The van der Waals surface area contributed by atoms with Crippen LogP contribution in [0.5, 0.6) is 5.75 Å². The van der Waals surface area contributed by atoms with Gasteiger partial charge in [0.05, 0.1) is 0 Å². The lowest BCUT2D eigenvalue weighted by atomic mass is 10.1. The summed E-state index contributed by atoms with van der Waals surface area (Å²) in [6, 6.07) is 5.19. The van der Waals surface area contributed by atoms with Crippen LogP contribution in [-0.2, 0) is 17.8 Å². The summed E-state index contributed by atoms with van der Waals surface area (Å²) in [5.41, 5.74) is 1.33. The van der Waals surface area contributed by atoms with Crippen molar-refractivity contribution in [1.82, 2.24) is 15.3 Å². The zero-order valence-electron chi connectivity index (χ0n) is 13.7. The molecule has 26 heavy (non-hydrogen) atoms. The summed E-state index contributed by atoms with van der Waals surface area (Å²) in [7, 11) is 0. The number of rotatable bonds is 6. The Hall–Kier alpha value is -2.62. The van der Waals surface area contributed by atoms with E-state index in [-0.39, 0.29) is 41.4 Å². The van der Waals surface area contributed by atoms with E-state index in [1.54, 1.807) is 6.92 Å². The number of carbonyl (C=O) groups is 1. The second-order valence-electron chi connectivity index (χ2n) is 5.48. The normalized spacial score (nSPS) is 11.2. The zero-order valence-corrected chi connectivity index (χ0v) is 14.5. The molecule has 6 nitrogen and oxygen atoms in total. The van der Waals surface area contributed by atoms with Gasteiger partial charge in [-0.05, 0) is 43.3 Å². The molecule has 1 aromatic heterocycles. The molecule has 1 heterocycles. The molecule has 0 aliphatic carbocycles. The van der Waals surface area contributed by atoms with Gasteiger partial charge in [0.25, 0.3) is 5.56 Å². The van der Waals surface area contributed by atoms with E-state index in [4.69, 9.17) is 12.2 Å². The number of aromatic nitrogens is 2. The number of ether oxygens (including phenoxy) is 1. The first-order valence-corrected chi connectivity index (χ1v) is 7.98. The molecular weight excluding hydrogens is 371 g/mol. The van der Waals surface area contributed by atoms with E-state index >= 15 is 0 Å². The monoisotopic (exact) mass is 387 g/mol. The molecule has 0 aliphatic heterocycles. The number of alkyl halides is 3. The summed E-state index contributed by atoms with van der Waals surface area (Å²) in [5.74, 6) is -0.620. The molecule has 1 amide bonds. The Balaban J connectivity index is 1.86. The summed E-state index contributed by atoms with van der Waals surface area (Å²) >= 11 is 4.85. The summed E-state index contributed by atoms with van der Waals surface area (Å²) < 4.78 is 40.3. The van der Waals surface area contributed by atoms with Gasteiger partial charge in [0.15, 0.2) is 4.77 Å². The standard InChI is InChI=1S/C16H16F3N3O3S/c1-9-12(14(24)22-15(26)21-9)6-7-13(23)20-8-10-2-4-11(5-3-10)25-16(17,18)19/h2-5H,6-8H2,1H3,(H,20,23)(H2,21,22,24,26). The van der Waals surface area contributed by atoms with Crippen molar-refractivity contribution in [2.45, 2.75) is 32.7 Å². The third-order valence-electron chi connectivity index (χ3n) is 3.50. The first kappa shape index (κ1) is 19.7. The minimum absolute atomic E-state index is 0.0871. The predicted octanol–water partition coefficient (Wildman–Crippen LogP) is 2.89. The number of H-pyrrole nitrogens is 2. The molecule has 0 saturated heterocycles. The van der Waals surface area contributed by atoms with E-state index < -0.39 is 6.36 Å². The number of amides is 1. The number of halogens is 3. The maximum Gasteiger partial charge on any atom is 0.573 e. The lowest BCUT2D eigenvalue weighted by molar-refractivity contribution is -0.274. The topological polar surface area (TPSA) is 87.0 Å². The number of hydrogen-bond acceptors (Lipinski definition) is 4. The van der Waals surface area contributed by atoms with Crippen LogP contribution in [0.3, 0.4) is 0 Å². The maximum atomic E-state index is 12.1. The highest BCUT2D eigenvalue weighted by molar-refractivity contribution is 7.71. The second kappa shape index (κ2) is 8.17. The van der Waals surface area contributed by atoms with Crippen LogP contribution < -0.4 is 15.6 Å². The number of carbonyl (C=O) groups excluding carboxylic acids is 1. The average Bonchev–Trinajstić information content (AvgIpc) is 2.51. The highest BCUT2D eigenvalue weighted by Crippen LogP contribution is 2.22. The van der Waals surface area contributed by atoms with Crippen molar-refractivity contribution < 1.29 is 22.7 Å². The minimum atomic E-state index is -4.74. The Morgan fingerprint density at radius 2 is 1.88 bits per heavy atom. The van der Waals surface area contributed by atoms with Crippen LogP contribution in [0.25, 0.3) is 0 Å². The quantitative estimate of drug-likeness (QED) is 0.665. The highest BCUT2D eigenvalue weighted by atomic mass is 32.1. The van der Waals surface area contributed by atoms with Gasteiger partial charge in [-0.2, -0.15) is 0 Å². The van der Waals surface area contributed by atoms with Crippen molar-refractivity contribution in [3.05, 3.63) is 56.2 Å². The fourth-order valence-electron chi connectivity index (χ4n) is 2.26. The van der Waals surface area contributed by atoms with E-state index in [1.165, 1.54) is 24.3 Å². The van der Waals surface area contributed by atoms with Gasteiger partial charge in [0.2, 0.25) is 5.91 Å². The molecule has 1 aromatic carbocycles. The van der Waals surface area contributed by atoms with Crippen LogP contribution in [-0.4, -0.2) is 22.2 Å². The molecule has 10 heteroatoms. The fraction of sp³-hybridized carbons (Fsp3) is 0.312. The van der Waals surface area contributed by atoms with Crippen LogP contribution in [0.2, 0.25) is 0 Å². The van der Waals surface area contributed by atoms with Crippen molar-refractivity contribution in [1.29, 1.82) is 0 Å². The Bertz CT molecular complexity index is 889. The Kier molecular flexibility index (Phi) is 6.19. The van der Waals surface area contributed by atoms with Crippen LogP contribution >= 0.6 is 12.2 Å². The van der Waals surface area contributed by atoms with Gasteiger partial charge in [0.1, 0.15) is 5.75 Å². The van der Waals surface area contributed by atoms with Gasteiger partial charge < -0.3 is 15.0 Å². The van der Waals surface area contributed by atoms with Gasteiger partial charge in [0, 0.05) is 24.2 Å². The molecule has 0 spiro atoms. The molecule has 0 saturated carbocycles. The summed E-state index contributed by atoms with van der Waals surface area (Å²) in [6.45, 7) is 1.85. The number of hydrogen-bond donors (Lipinski definition) is 3. The van der Waals surface area contributed by atoms with Crippen LogP contribution in [0.1, 0.15) is 23.2 Å². The summed E-state index contributed by atoms with van der Waals surface area (Å²) in [5, 5.41) is 2.64. The molecule has 0 unspecified atom stereocenters. The van der Waals surface area contributed by atoms with Gasteiger partial charge in [-0.1, -0.05) is 12.1 Å². The van der Waals surface area contributed by atoms with Crippen molar-refractivity contribution >= 4 is 18.1 Å². The fourth-order valence-corrected chi connectivity index (χ4v) is 2.51. The highest BCUT2D eigenvalue weighted by Gasteiger charge is 2.30. The van der Waals surface area contributed by atoms with Gasteiger partial charge in [-0.25, -0.2) is 0 Å². The Morgan fingerprint density at radius 1 is 1.23 bits per heavy atom. The molecule has 2 rings (SSSR count). The molecule has 0 atom stereocenters. The predicted molar refractivity (Wildman–Crippen MR) is 90.3 cm³/mol. The first-order valence-electron chi connectivity index (χ1n) is 7.57. The van der Waals surface area contributed by atoms with Crippen LogP contribution in [0, 0.1) is 11.7 Å². The summed E-state index contributed by atoms with van der Waals surface area (Å²) in [4.78, 5) is 29.0. The third kappa shape index (κ3) is 6.03. The molecular formula is C16H16F3N3O3S. The van der Waals surface area contributed by atoms with Crippen molar-refractivity contribution in [3.63, 3.8) is 0 Å². The zero-order chi connectivity index (χ0) is 19.3. The van der Waals surface area contributed by atoms with E-state index in [1.807, 2.05) is 0 Å². The SMILES string of the molecule is Cc1[nH]c(=S)[nH]c(=O)c1CCC(=O)NCc1ccc(OC(F)(F)F)cc1. The lowest BCUT2D eigenvalue weighted by Crippen LogP contribution is -2.25. The average molecular weight is 387 g/mol. The molecule has 0 radical (unpaired) electrons. The number of nitrogens with one attached hydrogen (secondary N) is 3. The van der Waals surface area contributed by atoms with Gasteiger partial charge in [-0.3, -0.25) is 14.6 Å². The van der Waals surface area contributed by atoms with E-state index in [9.17, 15) is 22.8 Å². The molecule has 140 valence electrons. The second-order valence-corrected chi connectivity index (χ2v) is 5.89. The van der Waals surface area contributed by atoms with E-state index in [0.29, 0.717) is 16.8 Å². The van der Waals surface area contributed by atoms with Crippen molar-refractivity contribution in [2.24, 2.45) is 0 Å².